The van der Waals surface area contributed by atoms with Crippen molar-refractivity contribution in [3.05, 3.63) is 83.4 Å². The van der Waals surface area contributed by atoms with Crippen LogP contribution < -0.4 is 4.74 Å². The van der Waals surface area contributed by atoms with Crippen molar-refractivity contribution >= 4 is 16.0 Å². The molecule has 34 heavy (non-hydrogen) atoms. The molecule has 1 aliphatic rings. The van der Waals surface area contributed by atoms with Gasteiger partial charge in [0.05, 0.1) is 24.3 Å². The molecule has 7 nitrogen and oxygen atoms in total. The summed E-state index contributed by atoms with van der Waals surface area (Å²) in [5, 5.41) is 9.30. The molecule has 0 aromatic heterocycles. The van der Waals surface area contributed by atoms with E-state index in [-0.39, 0.29) is 22.8 Å². The van der Waals surface area contributed by atoms with E-state index in [0.717, 1.165) is 29.5 Å². The number of carbonyl (C=O) groups excluding carboxylic acids is 1. The highest BCUT2D eigenvalue weighted by molar-refractivity contribution is 7.89. The van der Waals surface area contributed by atoms with Gasteiger partial charge in [0.25, 0.3) is 0 Å². The van der Waals surface area contributed by atoms with E-state index in [1.165, 1.54) is 29.6 Å². The standard InChI is InChI=1S/C26H24N2O5S/c1-32-24-13-12-21(16-25(24)34(30,31)28-14-4-5-15-28)26(29)33-18-19-8-10-20(11-9-19)23-7-3-2-6-22(23)17-27/h2-3,6-13,16H,4-5,14-15,18H2,1H3. The third-order valence-electron chi connectivity index (χ3n) is 5.76. The van der Waals surface area contributed by atoms with Gasteiger partial charge in [0.1, 0.15) is 17.3 Å². The Balaban J connectivity index is 1.49. The van der Waals surface area contributed by atoms with Crippen molar-refractivity contribution < 1.29 is 22.7 Å². The summed E-state index contributed by atoms with van der Waals surface area (Å²) in [4.78, 5) is 12.6. The lowest BCUT2D eigenvalue weighted by molar-refractivity contribution is 0.0472. The van der Waals surface area contributed by atoms with Gasteiger partial charge in [0, 0.05) is 13.1 Å². The number of sulfonamides is 1. The fourth-order valence-electron chi connectivity index (χ4n) is 3.92. The van der Waals surface area contributed by atoms with Gasteiger partial charge in [-0.15, -0.1) is 0 Å². The van der Waals surface area contributed by atoms with Crippen molar-refractivity contribution in [2.24, 2.45) is 0 Å². The lowest BCUT2D eigenvalue weighted by atomic mass is 9.99. The molecule has 3 aromatic rings. The number of ether oxygens (including phenoxy) is 2. The van der Waals surface area contributed by atoms with Crippen molar-refractivity contribution in [3.63, 3.8) is 0 Å². The molecule has 1 saturated heterocycles. The minimum Gasteiger partial charge on any atom is -0.495 e. The summed E-state index contributed by atoms with van der Waals surface area (Å²) in [7, 11) is -2.37. The molecule has 0 spiro atoms. The Morgan fingerprint density at radius 2 is 1.74 bits per heavy atom. The molecule has 0 N–H and O–H groups in total. The molecule has 3 aromatic carbocycles. The molecular formula is C26H24N2O5S. The normalized spacial score (nSPS) is 13.9. The predicted octanol–water partition coefficient (Wildman–Crippen LogP) is 4.38. The van der Waals surface area contributed by atoms with Crippen LogP contribution in [0, 0.1) is 11.3 Å². The SMILES string of the molecule is COc1ccc(C(=O)OCc2ccc(-c3ccccc3C#N)cc2)cc1S(=O)(=O)N1CCCC1. The number of nitriles is 1. The highest BCUT2D eigenvalue weighted by atomic mass is 32.2. The number of nitrogens with zero attached hydrogens (tertiary/aromatic N) is 2. The topological polar surface area (TPSA) is 96.7 Å². The van der Waals surface area contributed by atoms with Gasteiger partial charge in [-0.1, -0.05) is 42.5 Å². The zero-order valence-corrected chi connectivity index (χ0v) is 19.5. The average molecular weight is 477 g/mol. The first-order valence-corrected chi connectivity index (χ1v) is 12.3. The molecule has 0 amide bonds. The third kappa shape index (κ3) is 4.81. The van der Waals surface area contributed by atoms with Crippen molar-refractivity contribution in [3.8, 4) is 22.9 Å². The van der Waals surface area contributed by atoms with Crippen LogP contribution in [0.3, 0.4) is 0 Å². The second-order valence-electron chi connectivity index (χ2n) is 7.91. The summed E-state index contributed by atoms with van der Waals surface area (Å²) >= 11 is 0. The first-order valence-electron chi connectivity index (χ1n) is 10.9. The van der Waals surface area contributed by atoms with Gasteiger partial charge in [-0.05, 0) is 53.8 Å². The number of esters is 1. The smallest absolute Gasteiger partial charge is 0.338 e. The molecule has 0 saturated carbocycles. The number of hydrogen-bond acceptors (Lipinski definition) is 6. The second-order valence-corrected chi connectivity index (χ2v) is 9.81. The highest BCUT2D eigenvalue weighted by Crippen LogP contribution is 2.30. The van der Waals surface area contributed by atoms with Crippen LogP contribution in [-0.2, 0) is 21.4 Å². The van der Waals surface area contributed by atoms with Gasteiger partial charge < -0.3 is 9.47 Å². The van der Waals surface area contributed by atoms with Crippen LogP contribution in [0.1, 0.15) is 34.3 Å². The fourth-order valence-corrected chi connectivity index (χ4v) is 5.62. The summed E-state index contributed by atoms with van der Waals surface area (Å²) in [6, 6.07) is 21.2. The van der Waals surface area contributed by atoms with Crippen molar-refractivity contribution in [2.75, 3.05) is 20.2 Å². The van der Waals surface area contributed by atoms with Crippen molar-refractivity contribution in [1.82, 2.24) is 4.31 Å². The molecule has 1 heterocycles. The molecule has 0 atom stereocenters. The molecule has 1 aliphatic heterocycles. The number of carbonyl (C=O) groups is 1. The first-order chi connectivity index (χ1) is 16.4. The molecule has 0 aliphatic carbocycles. The maximum atomic E-state index is 13.0. The summed E-state index contributed by atoms with van der Waals surface area (Å²) < 4.78 is 38.2. The van der Waals surface area contributed by atoms with E-state index < -0.39 is 16.0 Å². The van der Waals surface area contributed by atoms with E-state index in [2.05, 4.69) is 6.07 Å². The van der Waals surface area contributed by atoms with Crippen LogP contribution >= 0.6 is 0 Å². The van der Waals surface area contributed by atoms with E-state index >= 15 is 0 Å². The van der Waals surface area contributed by atoms with Crippen LogP contribution in [0.15, 0.2) is 71.6 Å². The maximum Gasteiger partial charge on any atom is 0.338 e. The molecule has 4 rings (SSSR count). The van der Waals surface area contributed by atoms with Crippen LogP contribution in [0.5, 0.6) is 5.75 Å². The van der Waals surface area contributed by atoms with Gasteiger partial charge in [0.2, 0.25) is 10.0 Å². The number of hydrogen-bond donors (Lipinski definition) is 0. The maximum absolute atomic E-state index is 13.0. The summed E-state index contributed by atoms with van der Waals surface area (Å²) in [6.45, 7) is 0.934. The largest absolute Gasteiger partial charge is 0.495 e. The summed E-state index contributed by atoms with van der Waals surface area (Å²) in [6.07, 6.45) is 1.62. The van der Waals surface area contributed by atoms with Crippen LogP contribution in [0.2, 0.25) is 0 Å². The summed E-state index contributed by atoms with van der Waals surface area (Å²) in [5.74, 6) is -0.434. The van der Waals surface area contributed by atoms with Gasteiger partial charge in [-0.3, -0.25) is 0 Å². The molecular weight excluding hydrogens is 452 g/mol. The molecule has 174 valence electrons. The van der Waals surface area contributed by atoms with Gasteiger partial charge in [0.15, 0.2) is 0 Å². The van der Waals surface area contributed by atoms with Crippen LogP contribution in [0.4, 0.5) is 0 Å². The minimum atomic E-state index is -3.76. The average Bonchev–Trinajstić information content (AvgIpc) is 3.43. The Kier molecular flexibility index (Phi) is 6.96. The fraction of sp³-hybridized carbons (Fsp3) is 0.231. The molecule has 0 radical (unpaired) electrons. The first kappa shape index (κ1) is 23.5. The predicted molar refractivity (Wildman–Crippen MR) is 127 cm³/mol. The third-order valence-corrected chi connectivity index (χ3v) is 7.68. The lowest BCUT2D eigenvalue weighted by Crippen LogP contribution is -2.28. The highest BCUT2D eigenvalue weighted by Gasteiger charge is 2.30. The summed E-state index contributed by atoms with van der Waals surface area (Å²) in [5.41, 5.74) is 3.21. The van der Waals surface area contributed by atoms with Gasteiger partial charge in [-0.2, -0.15) is 9.57 Å². The van der Waals surface area contributed by atoms with E-state index in [4.69, 9.17) is 9.47 Å². The van der Waals surface area contributed by atoms with Crippen molar-refractivity contribution in [2.45, 2.75) is 24.3 Å². The van der Waals surface area contributed by atoms with Gasteiger partial charge in [-0.25, -0.2) is 13.2 Å². The molecule has 0 unspecified atom stereocenters. The zero-order valence-electron chi connectivity index (χ0n) is 18.7. The Morgan fingerprint density at radius 3 is 2.41 bits per heavy atom. The second kappa shape index (κ2) is 10.1. The zero-order chi connectivity index (χ0) is 24.1. The monoisotopic (exact) mass is 476 g/mol. The van der Waals surface area contributed by atoms with E-state index in [0.29, 0.717) is 18.7 Å². The van der Waals surface area contributed by atoms with E-state index in [1.54, 1.807) is 6.07 Å². The van der Waals surface area contributed by atoms with Gasteiger partial charge >= 0.3 is 5.97 Å². The molecule has 1 fully saturated rings. The molecule has 0 bridgehead atoms. The number of methoxy groups -OCH3 is 1. The Labute approximate surface area is 199 Å². The van der Waals surface area contributed by atoms with Crippen molar-refractivity contribution in [1.29, 1.82) is 5.26 Å². The Hall–Kier alpha value is -3.67. The minimum absolute atomic E-state index is 0.0270. The molecule has 8 heteroatoms. The quantitative estimate of drug-likeness (QED) is 0.470. The number of benzene rings is 3. The van der Waals surface area contributed by atoms with E-state index in [1.807, 2.05) is 42.5 Å². The van der Waals surface area contributed by atoms with E-state index in [9.17, 15) is 18.5 Å². The Morgan fingerprint density at radius 1 is 1.03 bits per heavy atom. The lowest BCUT2D eigenvalue weighted by Gasteiger charge is -2.18. The Bertz CT molecular complexity index is 1340. The van der Waals surface area contributed by atoms with Crippen LogP contribution in [0.25, 0.3) is 11.1 Å². The number of rotatable bonds is 7. The van der Waals surface area contributed by atoms with Crippen LogP contribution in [-0.4, -0.2) is 38.9 Å².